The second-order valence-corrected chi connectivity index (χ2v) is 11.9. The number of aryl methyl sites for hydroxylation is 1. The van der Waals surface area contributed by atoms with Crippen LogP contribution in [0.2, 0.25) is 0 Å². The first kappa shape index (κ1) is 24.6. The van der Waals surface area contributed by atoms with Gasteiger partial charge in [-0.2, -0.15) is 5.10 Å². The molecule has 1 atom stereocenters. The lowest BCUT2D eigenvalue weighted by Crippen LogP contribution is -2.22. The number of thiazole rings is 1. The Balaban J connectivity index is 1.28. The van der Waals surface area contributed by atoms with Gasteiger partial charge in [-0.3, -0.25) is 4.79 Å². The number of para-hydroxylation sites is 2. The predicted molar refractivity (Wildman–Crippen MR) is 158 cm³/mol. The number of hydrogen-bond donors (Lipinski definition) is 1. The van der Waals surface area contributed by atoms with Gasteiger partial charge in [0.25, 0.3) is 5.91 Å². The molecule has 0 spiro atoms. The van der Waals surface area contributed by atoms with Gasteiger partial charge in [-0.15, -0.1) is 22.7 Å². The van der Waals surface area contributed by atoms with E-state index >= 15 is 0 Å². The zero-order valence-electron chi connectivity index (χ0n) is 20.5. The fourth-order valence-corrected chi connectivity index (χ4v) is 7.09. The number of nitrogens with one attached hydrogen (secondary N) is 1. The van der Waals surface area contributed by atoms with E-state index in [9.17, 15) is 4.79 Å². The number of nitrogens with zero attached hydrogens (tertiary/aromatic N) is 2. The largest absolute Gasteiger partial charge is 0.455 e. The molecule has 0 saturated heterocycles. The fraction of sp³-hybridized carbons (Fsp3) is 0.100. The van der Waals surface area contributed by atoms with Crippen molar-refractivity contribution in [3.05, 3.63) is 117 Å². The molecule has 0 unspecified atom stereocenters. The van der Waals surface area contributed by atoms with Crippen molar-refractivity contribution in [2.45, 2.75) is 17.2 Å². The number of rotatable bonds is 7. The number of ether oxygens (including phenoxy) is 1. The predicted octanol–water partition coefficient (Wildman–Crippen LogP) is 7.50. The molecule has 3 aromatic carbocycles. The lowest BCUT2D eigenvalue weighted by atomic mass is 9.80. The second kappa shape index (κ2) is 10.9. The lowest BCUT2D eigenvalue weighted by molar-refractivity contribution is -0.118. The molecule has 0 bridgehead atoms. The van der Waals surface area contributed by atoms with E-state index in [-0.39, 0.29) is 17.6 Å². The Kier molecular flexibility index (Phi) is 7.09. The van der Waals surface area contributed by atoms with E-state index in [4.69, 9.17) is 4.74 Å². The molecule has 1 aliphatic rings. The summed E-state index contributed by atoms with van der Waals surface area (Å²) in [6.45, 7) is 2.12. The summed E-state index contributed by atoms with van der Waals surface area (Å²) in [5.41, 5.74) is 7.99. The van der Waals surface area contributed by atoms with Gasteiger partial charge < -0.3 is 4.74 Å². The van der Waals surface area contributed by atoms with Crippen LogP contribution in [0.25, 0.3) is 16.0 Å². The number of fused-ring (bicyclic) bond motifs is 2. The zero-order chi connectivity index (χ0) is 25.9. The van der Waals surface area contributed by atoms with Crippen molar-refractivity contribution in [3.8, 4) is 5.75 Å². The molecule has 38 heavy (non-hydrogen) atoms. The van der Waals surface area contributed by atoms with Gasteiger partial charge in [-0.25, -0.2) is 10.4 Å². The monoisotopic (exact) mass is 553 g/mol. The Morgan fingerprint density at radius 2 is 1.82 bits per heavy atom. The van der Waals surface area contributed by atoms with Crippen LogP contribution in [0.1, 0.15) is 27.5 Å². The highest BCUT2D eigenvalue weighted by Crippen LogP contribution is 2.46. The Bertz CT molecular complexity index is 1640. The molecule has 6 rings (SSSR count). The van der Waals surface area contributed by atoms with Crippen LogP contribution in [0.15, 0.2) is 105 Å². The Labute approximate surface area is 232 Å². The quantitative estimate of drug-likeness (QED) is 0.129. The van der Waals surface area contributed by atoms with Gasteiger partial charge in [0.15, 0.2) is 4.34 Å². The van der Waals surface area contributed by atoms with Crippen molar-refractivity contribution < 1.29 is 9.53 Å². The molecule has 0 saturated carbocycles. The number of benzene rings is 3. The summed E-state index contributed by atoms with van der Waals surface area (Å²) in [7, 11) is 0. The summed E-state index contributed by atoms with van der Waals surface area (Å²) in [6, 6.07) is 28.5. The highest BCUT2D eigenvalue weighted by Gasteiger charge is 2.32. The van der Waals surface area contributed by atoms with Gasteiger partial charge in [-0.05, 0) is 47.7 Å². The molecule has 3 heterocycles. The van der Waals surface area contributed by atoms with Crippen LogP contribution >= 0.6 is 34.4 Å². The van der Waals surface area contributed by atoms with E-state index in [1.54, 1.807) is 28.9 Å². The molecule has 5 nitrogen and oxygen atoms in total. The molecule has 188 valence electrons. The average molecular weight is 554 g/mol. The molecule has 1 N–H and O–H groups in total. The maximum Gasteiger partial charge on any atom is 0.250 e. The number of hydrogen-bond acceptors (Lipinski definition) is 7. The SMILES string of the molecule is Cc1ccccc1[C@H]1C(C=NNC(=O)CSc2nc3ccccc3s2)=C(c2cccs2)Oc2ccccc21. The first-order chi connectivity index (χ1) is 18.7. The van der Waals surface area contributed by atoms with Crippen LogP contribution in [0, 0.1) is 6.92 Å². The first-order valence-electron chi connectivity index (χ1n) is 12.1. The third kappa shape index (κ3) is 5.03. The van der Waals surface area contributed by atoms with Crippen LogP contribution in [-0.4, -0.2) is 22.9 Å². The van der Waals surface area contributed by atoms with E-state index in [0.29, 0.717) is 0 Å². The molecule has 1 aliphatic heterocycles. The normalized spacial score (nSPS) is 15.0. The molecule has 0 radical (unpaired) electrons. The van der Waals surface area contributed by atoms with Gasteiger partial charge in [-0.1, -0.05) is 72.4 Å². The molecule has 1 amide bonds. The average Bonchev–Trinajstić information content (AvgIpc) is 3.62. The lowest BCUT2D eigenvalue weighted by Gasteiger charge is -2.30. The number of aromatic nitrogens is 1. The second-order valence-electron chi connectivity index (χ2n) is 8.72. The number of carbonyl (C=O) groups excluding carboxylic acids is 1. The molecular formula is C30H23N3O2S3. The van der Waals surface area contributed by atoms with E-state index in [1.807, 2.05) is 66.0 Å². The minimum absolute atomic E-state index is 0.0870. The summed E-state index contributed by atoms with van der Waals surface area (Å²) in [6.07, 6.45) is 1.74. The van der Waals surface area contributed by atoms with E-state index < -0.39 is 0 Å². The minimum atomic E-state index is -0.187. The van der Waals surface area contributed by atoms with Crippen LogP contribution in [0.5, 0.6) is 5.75 Å². The Hall–Kier alpha value is -3.72. The standard InChI is InChI=1S/C30H23N3O2S3/c1-19-9-2-3-10-20(19)28-21-11-4-6-13-24(21)35-29(26-15-8-16-36-26)22(28)17-31-33-27(34)18-37-30-32-23-12-5-7-14-25(23)38-30/h2-17,28H,18H2,1H3,(H,33,34)/t28-/m1/s1. The third-order valence-electron chi connectivity index (χ3n) is 6.25. The number of allylic oxidation sites excluding steroid dienone is 1. The highest BCUT2D eigenvalue weighted by molar-refractivity contribution is 8.01. The molecule has 0 fully saturated rings. The maximum absolute atomic E-state index is 12.7. The van der Waals surface area contributed by atoms with E-state index in [1.165, 1.54) is 22.9 Å². The topological polar surface area (TPSA) is 63.6 Å². The maximum atomic E-state index is 12.7. The Morgan fingerprint density at radius 3 is 2.63 bits per heavy atom. The number of thioether (sulfide) groups is 1. The number of hydrazone groups is 1. The minimum Gasteiger partial charge on any atom is -0.455 e. The highest BCUT2D eigenvalue weighted by atomic mass is 32.2. The first-order valence-corrected chi connectivity index (χ1v) is 14.8. The van der Waals surface area contributed by atoms with Gasteiger partial charge >= 0.3 is 0 Å². The van der Waals surface area contributed by atoms with Gasteiger partial charge in [0.05, 0.1) is 27.1 Å². The molecule has 2 aromatic heterocycles. The molecular weight excluding hydrogens is 531 g/mol. The van der Waals surface area contributed by atoms with E-state index in [0.717, 1.165) is 42.1 Å². The fourth-order valence-electron chi connectivity index (χ4n) is 4.50. The van der Waals surface area contributed by atoms with Crippen molar-refractivity contribution in [2.24, 2.45) is 5.10 Å². The van der Waals surface area contributed by atoms with Gasteiger partial charge in [0.2, 0.25) is 0 Å². The van der Waals surface area contributed by atoms with Crippen LogP contribution in [0.3, 0.4) is 0 Å². The van der Waals surface area contributed by atoms with Gasteiger partial charge in [0, 0.05) is 17.1 Å². The summed E-state index contributed by atoms with van der Waals surface area (Å²) >= 11 is 4.62. The van der Waals surface area contributed by atoms with Crippen LogP contribution in [-0.2, 0) is 4.79 Å². The summed E-state index contributed by atoms with van der Waals surface area (Å²) in [4.78, 5) is 18.3. The summed E-state index contributed by atoms with van der Waals surface area (Å²) < 4.78 is 8.43. The smallest absolute Gasteiger partial charge is 0.250 e. The number of amides is 1. The van der Waals surface area contributed by atoms with Crippen molar-refractivity contribution in [1.82, 2.24) is 10.4 Å². The Morgan fingerprint density at radius 1 is 1.03 bits per heavy atom. The van der Waals surface area contributed by atoms with Gasteiger partial charge in [0.1, 0.15) is 11.5 Å². The van der Waals surface area contributed by atoms with Crippen LogP contribution < -0.4 is 10.2 Å². The molecule has 8 heteroatoms. The van der Waals surface area contributed by atoms with Crippen molar-refractivity contribution in [2.75, 3.05) is 5.75 Å². The third-order valence-corrected chi connectivity index (χ3v) is 9.30. The van der Waals surface area contributed by atoms with Crippen molar-refractivity contribution in [1.29, 1.82) is 0 Å². The summed E-state index contributed by atoms with van der Waals surface area (Å²) in [5, 5.41) is 6.43. The van der Waals surface area contributed by atoms with Crippen molar-refractivity contribution >= 4 is 62.5 Å². The zero-order valence-corrected chi connectivity index (χ0v) is 22.9. The van der Waals surface area contributed by atoms with E-state index in [2.05, 4.69) is 46.7 Å². The van der Waals surface area contributed by atoms with Crippen molar-refractivity contribution in [3.63, 3.8) is 0 Å². The molecule has 5 aromatic rings. The number of thiophene rings is 1. The number of carbonyl (C=O) groups is 1. The summed E-state index contributed by atoms with van der Waals surface area (Å²) in [5.74, 6) is 1.55. The van der Waals surface area contributed by atoms with Crippen LogP contribution in [0.4, 0.5) is 0 Å². The molecule has 0 aliphatic carbocycles.